The van der Waals surface area contributed by atoms with Gasteiger partial charge in [-0.25, -0.2) is 13.1 Å². The summed E-state index contributed by atoms with van der Waals surface area (Å²) in [5.74, 6) is 0.495. The molecule has 0 aliphatic carbocycles. The van der Waals surface area contributed by atoms with E-state index in [1.165, 1.54) is 27.4 Å². The molecule has 9 heteroatoms. The van der Waals surface area contributed by atoms with Crippen LogP contribution in [0.4, 0.5) is 0 Å². The van der Waals surface area contributed by atoms with Crippen LogP contribution in [0.5, 0.6) is 0 Å². The van der Waals surface area contributed by atoms with Gasteiger partial charge < -0.3 is 0 Å². The maximum absolute atomic E-state index is 12.2. The topological polar surface area (TPSA) is 81.0 Å². The van der Waals surface area contributed by atoms with E-state index in [9.17, 15) is 8.42 Å². The van der Waals surface area contributed by atoms with Crippen LogP contribution in [0.3, 0.4) is 0 Å². The van der Waals surface area contributed by atoms with Crippen LogP contribution < -0.4 is 0 Å². The van der Waals surface area contributed by atoms with E-state index in [-0.39, 0.29) is 6.54 Å². The van der Waals surface area contributed by atoms with E-state index in [0.29, 0.717) is 10.0 Å². The van der Waals surface area contributed by atoms with Gasteiger partial charge in [0.05, 0.1) is 6.54 Å². The van der Waals surface area contributed by atoms with Crippen LogP contribution in [0.15, 0.2) is 16.3 Å². The van der Waals surface area contributed by atoms with Crippen molar-refractivity contribution in [2.45, 2.75) is 17.7 Å². The van der Waals surface area contributed by atoms with Crippen molar-refractivity contribution in [3.05, 3.63) is 22.8 Å². The fraction of sp³-hybridized carbons (Fsp3) is 0.444. The van der Waals surface area contributed by atoms with Gasteiger partial charge in [-0.15, -0.1) is 16.4 Å². The molecule has 0 saturated carbocycles. The molecule has 0 unspecified atom stereocenters. The minimum atomic E-state index is -3.47. The lowest BCUT2D eigenvalue weighted by Crippen LogP contribution is -2.27. The Balaban J connectivity index is 2.23. The molecule has 0 aliphatic heterocycles. The molecule has 7 nitrogen and oxygen atoms in total. The van der Waals surface area contributed by atoms with Crippen LogP contribution in [-0.2, 0) is 23.6 Å². The van der Waals surface area contributed by atoms with Gasteiger partial charge in [0.25, 0.3) is 10.0 Å². The number of hydrogen-bond donors (Lipinski definition) is 0. The van der Waals surface area contributed by atoms with Crippen molar-refractivity contribution >= 4 is 21.4 Å². The number of aromatic nitrogens is 4. The first-order valence-corrected chi connectivity index (χ1v) is 7.41. The standard InChI is InChI=1S/C9H13N5O2S2/c1-7-4-5-9(17-7)18(15,16)13(2)6-8-10-11-12-14(8)3/h4-5H,6H2,1-3H3. The van der Waals surface area contributed by atoms with E-state index < -0.39 is 10.0 Å². The van der Waals surface area contributed by atoms with E-state index in [1.807, 2.05) is 6.92 Å². The molecule has 2 aromatic heterocycles. The normalized spacial score (nSPS) is 12.2. The summed E-state index contributed by atoms with van der Waals surface area (Å²) >= 11 is 1.25. The molecule has 0 amide bonds. The first kappa shape index (κ1) is 13.1. The van der Waals surface area contributed by atoms with Crippen molar-refractivity contribution in [1.29, 1.82) is 0 Å². The van der Waals surface area contributed by atoms with E-state index in [0.717, 1.165) is 4.88 Å². The van der Waals surface area contributed by atoms with Gasteiger partial charge >= 0.3 is 0 Å². The second-order valence-corrected chi connectivity index (χ2v) is 7.40. The third-order valence-corrected chi connectivity index (χ3v) is 5.72. The van der Waals surface area contributed by atoms with E-state index >= 15 is 0 Å². The first-order chi connectivity index (χ1) is 8.41. The van der Waals surface area contributed by atoms with Crippen molar-refractivity contribution in [2.24, 2.45) is 7.05 Å². The summed E-state index contributed by atoms with van der Waals surface area (Å²) in [6, 6.07) is 3.40. The zero-order valence-electron chi connectivity index (χ0n) is 10.2. The number of sulfonamides is 1. The van der Waals surface area contributed by atoms with Crippen molar-refractivity contribution in [1.82, 2.24) is 24.5 Å². The van der Waals surface area contributed by atoms with Gasteiger partial charge in [0.1, 0.15) is 4.21 Å². The molecule has 0 bridgehead atoms. The molecule has 0 atom stereocenters. The number of thiophene rings is 1. The second-order valence-electron chi connectivity index (χ2n) is 3.84. The van der Waals surface area contributed by atoms with E-state index in [4.69, 9.17) is 0 Å². The van der Waals surface area contributed by atoms with Gasteiger partial charge in [-0.05, 0) is 29.5 Å². The van der Waals surface area contributed by atoms with Gasteiger partial charge in [-0.3, -0.25) is 0 Å². The third-order valence-electron chi connectivity index (χ3n) is 2.45. The molecule has 0 aromatic carbocycles. The predicted molar refractivity (Wildman–Crippen MR) is 66.5 cm³/mol. The van der Waals surface area contributed by atoms with E-state index in [2.05, 4.69) is 15.5 Å². The van der Waals surface area contributed by atoms with Crippen LogP contribution in [0, 0.1) is 6.92 Å². The summed E-state index contributed by atoms with van der Waals surface area (Å²) in [5, 5.41) is 10.9. The lowest BCUT2D eigenvalue weighted by atomic mass is 10.5. The molecule has 2 rings (SSSR count). The van der Waals surface area contributed by atoms with Gasteiger partial charge in [0.2, 0.25) is 0 Å². The van der Waals surface area contributed by atoms with Crippen LogP contribution in [0.2, 0.25) is 0 Å². The summed E-state index contributed by atoms with van der Waals surface area (Å²) in [5.41, 5.74) is 0. The first-order valence-electron chi connectivity index (χ1n) is 5.15. The van der Waals surface area contributed by atoms with Crippen LogP contribution in [0.25, 0.3) is 0 Å². The maximum Gasteiger partial charge on any atom is 0.252 e. The summed E-state index contributed by atoms with van der Waals surface area (Å²) in [7, 11) is -0.283. The number of hydrogen-bond acceptors (Lipinski definition) is 6. The average molecular weight is 287 g/mol. The van der Waals surface area contributed by atoms with Crippen LogP contribution >= 0.6 is 11.3 Å². The zero-order valence-corrected chi connectivity index (χ0v) is 11.9. The highest BCUT2D eigenvalue weighted by Crippen LogP contribution is 2.24. The van der Waals surface area contributed by atoms with Crippen molar-refractivity contribution in [3.63, 3.8) is 0 Å². The molecule has 0 N–H and O–H groups in total. The highest BCUT2D eigenvalue weighted by Gasteiger charge is 2.24. The predicted octanol–water partition coefficient (Wildman–Crippen LogP) is 0.401. The molecule has 0 spiro atoms. The van der Waals surface area contributed by atoms with E-state index in [1.54, 1.807) is 19.2 Å². The Morgan fingerprint density at radius 1 is 1.44 bits per heavy atom. The molecular weight excluding hydrogens is 274 g/mol. The van der Waals surface area contributed by atoms with Gasteiger partial charge in [-0.1, -0.05) is 0 Å². The molecule has 2 heterocycles. The molecule has 0 saturated heterocycles. The molecule has 2 aromatic rings. The Labute approximate surface area is 109 Å². The minimum absolute atomic E-state index is 0.142. The van der Waals surface area contributed by atoms with Gasteiger partial charge in [0, 0.05) is 19.0 Å². The van der Waals surface area contributed by atoms with Gasteiger partial charge in [-0.2, -0.15) is 4.31 Å². The Hall–Kier alpha value is -1.32. The van der Waals surface area contributed by atoms with Crippen LogP contribution in [-0.4, -0.2) is 40.0 Å². The molecule has 0 fully saturated rings. The zero-order chi connectivity index (χ0) is 13.3. The van der Waals surface area contributed by atoms with Crippen LogP contribution in [0.1, 0.15) is 10.7 Å². The van der Waals surface area contributed by atoms with Crippen molar-refractivity contribution in [3.8, 4) is 0 Å². The lowest BCUT2D eigenvalue weighted by Gasteiger charge is -2.14. The average Bonchev–Trinajstić information content (AvgIpc) is 2.89. The Morgan fingerprint density at radius 2 is 2.17 bits per heavy atom. The number of aryl methyl sites for hydroxylation is 2. The molecule has 0 radical (unpaired) electrons. The maximum atomic E-state index is 12.2. The molecule has 18 heavy (non-hydrogen) atoms. The monoisotopic (exact) mass is 287 g/mol. The lowest BCUT2D eigenvalue weighted by molar-refractivity contribution is 0.449. The summed E-state index contributed by atoms with van der Waals surface area (Å²) in [4.78, 5) is 0.960. The fourth-order valence-corrected chi connectivity index (χ4v) is 3.99. The Kier molecular flexibility index (Phi) is 3.46. The molecule has 98 valence electrons. The fourth-order valence-electron chi connectivity index (χ4n) is 1.37. The highest BCUT2D eigenvalue weighted by atomic mass is 32.2. The Bertz CT molecular complexity index is 645. The SMILES string of the molecule is Cc1ccc(S(=O)(=O)N(C)Cc2nnnn2C)s1. The van der Waals surface area contributed by atoms with Gasteiger partial charge in [0.15, 0.2) is 5.82 Å². The summed E-state index contributed by atoms with van der Waals surface area (Å²) in [6.45, 7) is 2.01. The van der Waals surface area contributed by atoms with Crippen molar-refractivity contribution < 1.29 is 8.42 Å². The third kappa shape index (κ3) is 2.42. The Morgan fingerprint density at radius 3 is 2.67 bits per heavy atom. The largest absolute Gasteiger partial charge is 0.252 e. The quantitative estimate of drug-likeness (QED) is 0.813. The number of rotatable bonds is 4. The summed E-state index contributed by atoms with van der Waals surface area (Å²) in [6.07, 6.45) is 0. The molecular formula is C9H13N5O2S2. The second kappa shape index (κ2) is 4.75. The van der Waals surface area contributed by atoms with Crippen molar-refractivity contribution in [2.75, 3.05) is 7.05 Å². The smallest absolute Gasteiger partial charge is 0.231 e. The highest BCUT2D eigenvalue weighted by molar-refractivity contribution is 7.91. The summed E-state index contributed by atoms with van der Waals surface area (Å²) < 4.78 is 27.5. The molecule has 0 aliphatic rings. The number of nitrogens with zero attached hydrogens (tertiary/aromatic N) is 5. The number of tetrazole rings is 1. The minimum Gasteiger partial charge on any atom is -0.231 e.